The molecule has 0 bridgehead atoms. The molecule has 3 rings (SSSR count). The normalized spacial score (nSPS) is 15.7. The van der Waals surface area contributed by atoms with E-state index in [9.17, 15) is 9.90 Å². The molecule has 138 valence electrons. The molecule has 0 spiro atoms. The third kappa shape index (κ3) is 2.96. The van der Waals surface area contributed by atoms with Crippen molar-refractivity contribution in [2.45, 2.75) is 12.3 Å². The SMILES string of the molecule is COc1cc2c(cc1OC)[C@@H](c1cc(OC)c(O)c(OC)c1)CC(=O)N2. The van der Waals surface area contributed by atoms with Gasteiger partial charge in [0.2, 0.25) is 11.7 Å². The number of ether oxygens (including phenoxy) is 4. The van der Waals surface area contributed by atoms with E-state index >= 15 is 0 Å². The van der Waals surface area contributed by atoms with Crippen LogP contribution in [-0.4, -0.2) is 39.5 Å². The molecule has 0 aromatic heterocycles. The van der Waals surface area contributed by atoms with Gasteiger partial charge in [-0.2, -0.15) is 0 Å². The third-order valence-corrected chi connectivity index (χ3v) is 4.50. The van der Waals surface area contributed by atoms with Crippen LogP contribution in [-0.2, 0) is 4.79 Å². The van der Waals surface area contributed by atoms with E-state index in [1.165, 1.54) is 14.2 Å². The summed E-state index contributed by atoms with van der Waals surface area (Å²) < 4.78 is 21.2. The van der Waals surface area contributed by atoms with Crippen molar-refractivity contribution >= 4 is 11.6 Å². The first-order valence-corrected chi connectivity index (χ1v) is 8.03. The second kappa shape index (κ2) is 7.03. The molecule has 0 saturated carbocycles. The second-order valence-corrected chi connectivity index (χ2v) is 5.87. The van der Waals surface area contributed by atoms with Gasteiger partial charge in [-0.3, -0.25) is 4.79 Å². The molecule has 2 N–H and O–H groups in total. The molecule has 1 heterocycles. The first-order valence-electron chi connectivity index (χ1n) is 8.03. The molecule has 7 heteroatoms. The van der Waals surface area contributed by atoms with Crippen molar-refractivity contribution in [3.8, 4) is 28.7 Å². The molecule has 0 unspecified atom stereocenters. The topological polar surface area (TPSA) is 86.2 Å². The van der Waals surface area contributed by atoms with Gasteiger partial charge in [-0.1, -0.05) is 0 Å². The molecule has 1 atom stereocenters. The smallest absolute Gasteiger partial charge is 0.225 e. The molecule has 1 aliphatic rings. The zero-order valence-electron chi connectivity index (χ0n) is 15.1. The zero-order valence-corrected chi connectivity index (χ0v) is 15.1. The van der Waals surface area contributed by atoms with Crippen LogP contribution >= 0.6 is 0 Å². The fourth-order valence-electron chi connectivity index (χ4n) is 3.20. The van der Waals surface area contributed by atoms with Gasteiger partial charge in [0.25, 0.3) is 0 Å². The molecule has 1 amide bonds. The number of carbonyl (C=O) groups is 1. The van der Waals surface area contributed by atoms with Crippen molar-refractivity contribution in [1.82, 2.24) is 0 Å². The van der Waals surface area contributed by atoms with E-state index in [1.807, 2.05) is 6.07 Å². The van der Waals surface area contributed by atoms with Gasteiger partial charge < -0.3 is 29.4 Å². The van der Waals surface area contributed by atoms with Crippen LogP contribution in [0.25, 0.3) is 0 Å². The third-order valence-electron chi connectivity index (χ3n) is 4.50. The molecule has 2 aromatic carbocycles. The minimum atomic E-state index is -0.248. The largest absolute Gasteiger partial charge is 0.502 e. The number of hydrogen-bond donors (Lipinski definition) is 2. The number of benzene rings is 2. The first kappa shape index (κ1) is 17.7. The van der Waals surface area contributed by atoms with Gasteiger partial charge in [-0.05, 0) is 29.3 Å². The van der Waals surface area contributed by atoms with Crippen LogP contribution in [0.1, 0.15) is 23.5 Å². The molecule has 26 heavy (non-hydrogen) atoms. The number of fused-ring (bicyclic) bond motifs is 1. The number of carbonyl (C=O) groups excluding carboxylic acids is 1. The maximum atomic E-state index is 12.2. The number of hydrogen-bond acceptors (Lipinski definition) is 6. The molecular weight excluding hydrogens is 338 g/mol. The lowest BCUT2D eigenvalue weighted by Crippen LogP contribution is -2.23. The van der Waals surface area contributed by atoms with Gasteiger partial charge in [0.05, 0.1) is 28.4 Å². The van der Waals surface area contributed by atoms with Crippen molar-refractivity contribution in [3.05, 3.63) is 35.4 Å². The van der Waals surface area contributed by atoms with Gasteiger partial charge in [-0.25, -0.2) is 0 Å². The molecule has 0 aliphatic carbocycles. The average Bonchev–Trinajstić information content (AvgIpc) is 2.66. The highest BCUT2D eigenvalue weighted by molar-refractivity contribution is 5.96. The van der Waals surface area contributed by atoms with Crippen molar-refractivity contribution in [2.75, 3.05) is 33.8 Å². The number of nitrogens with one attached hydrogen (secondary N) is 1. The number of amides is 1. The van der Waals surface area contributed by atoms with Crippen molar-refractivity contribution < 1.29 is 28.8 Å². The number of methoxy groups -OCH3 is 4. The molecule has 1 aliphatic heterocycles. The highest BCUT2D eigenvalue weighted by Gasteiger charge is 2.30. The fraction of sp³-hybridized carbons (Fsp3) is 0.316. The molecule has 0 saturated heterocycles. The van der Waals surface area contributed by atoms with Gasteiger partial charge in [0.15, 0.2) is 23.0 Å². The predicted octanol–water partition coefficient (Wildman–Crippen LogP) is 2.90. The number of aromatic hydroxyl groups is 1. The van der Waals surface area contributed by atoms with E-state index in [2.05, 4.69) is 5.32 Å². The number of anilines is 1. The maximum absolute atomic E-state index is 12.2. The Hall–Kier alpha value is -3.09. The van der Waals surface area contributed by atoms with Crippen molar-refractivity contribution in [3.63, 3.8) is 0 Å². The lowest BCUT2D eigenvalue weighted by atomic mass is 9.84. The Labute approximate surface area is 151 Å². The standard InChI is InChI=1S/C19H21NO6/c1-23-14-7-12-11(8-18(21)20-13(12)9-15(14)24-2)10-5-16(25-3)19(22)17(6-10)26-4/h5-7,9,11,22H,8H2,1-4H3,(H,20,21)/t11-/m1/s1. The van der Waals surface area contributed by atoms with Crippen molar-refractivity contribution in [2.24, 2.45) is 0 Å². The summed E-state index contributed by atoms with van der Waals surface area (Å²) in [7, 11) is 6.04. The van der Waals surface area contributed by atoms with Crippen LogP contribution in [0.2, 0.25) is 0 Å². The number of rotatable bonds is 5. The van der Waals surface area contributed by atoms with Crippen LogP contribution < -0.4 is 24.3 Å². The van der Waals surface area contributed by atoms with E-state index < -0.39 is 0 Å². The van der Waals surface area contributed by atoms with Crippen LogP contribution in [0.5, 0.6) is 28.7 Å². The Morgan fingerprint density at radius 1 is 0.885 bits per heavy atom. The summed E-state index contributed by atoms with van der Waals surface area (Å²) in [5.41, 5.74) is 2.34. The summed E-state index contributed by atoms with van der Waals surface area (Å²) in [6.45, 7) is 0. The van der Waals surface area contributed by atoms with E-state index in [-0.39, 0.29) is 35.5 Å². The minimum absolute atomic E-state index is 0.0773. The van der Waals surface area contributed by atoms with E-state index in [1.54, 1.807) is 32.4 Å². The molecule has 0 radical (unpaired) electrons. The molecule has 0 fully saturated rings. The average molecular weight is 359 g/mol. The predicted molar refractivity (Wildman–Crippen MR) is 95.8 cm³/mol. The summed E-state index contributed by atoms with van der Waals surface area (Å²) >= 11 is 0. The van der Waals surface area contributed by atoms with Gasteiger partial charge in [-0.15, -0.1) is 0 Å². The lowest BCUT2D eigenvalue weighted by molar-refractivity contribution is -0.116. The van der Waals surface area contributed by atoms with Gasteiger partial charge >= 0.3 is 0 Å². The van der Waals surface area contributed by atoms with Crippen molar-refractivity contribution in [1.29, 1.82) is 0 Å². The maximum Gasteiger partial charge on any atom is 0.225 e. The zero-order chi connectivity index (χ0) is 18.8. The summed E-state index contributed by atoms with van der Waals surface area (Å²) in [5.74, 6) is 1.24. The summed E-state index contributed by atoms with van der Waals surface area (Å²) in [5, 5.41) is 13.0. The van der Waals surface area contributed by atoms with Gasteiger partial charge in [0.1, 0.15) is 0 Å². The Balaban J connectivity index is 2.17. The quantitative estimate of drug-likeness (QED) is 0.854. The Bertz CT molecular complexity index is 823. The summed E-state index contributed by atoms with van der Waals surface area (Å²) in [4.78, 5) is 12.2. The van der Waals surface area contributed by atoms with Crippen LogP contribution in [0.15, 0.2) is 24.3 Å². The van der Waals surface area contributed by atoms with Crippen LogP contribution in [0.4, 0.5) is 5.69 Å². The summed E-state index contributed by atoms with van der Waals surface area (Å²) in [6.07, 6.45) is 0.250. The highest BCUT2D eigenvalue weighted by atomic mass is 16.5. The van der Waals surface area contributed by atoms with E-state index in [4.69, 9.17) is 18.9 Å². The van der Waals surface area contributed by atoms with E-state index in [0.717, 1.165) is 11.1 Å². The number of phenols is 1. The second-order valence-electron chi connectivity index (χ2n) is 5.87. The molecule has 7 nitrogen and oxygen atoms in total. The van der Waals surface area contributed by atoms with E-state index in [0.29, 0.717) is 17.2 Å². The monoisotopic (exact) mass is 359 g/mol. The summed E-state index contributed by atoms with van der Waals surface area (Å²) in [6, 6.07) is 7.01. The Morgan fingerprint density at radius 2 is 1.42 bits per heavy atom. The highest BCUT2D eigenvalue weighted by Crippen LogP contribution is 2.46. The number of phenolic OH excluding ortho intramolecular Hbond substituents is 1. The van der Waals surface area contributed by atoms with Crippen LogP contribution in [0, 0.1) is 0 Å². The Morgan fingerprint density at radius 3 is 1.96 bits per heavy atom. The molecule has 2 aromatic rings. The lowest BCUT2D eigenvalue weighted by Gasteiger charge is -2.28. The van der Waals surface area contributed by atoms with Gasteiger partial charge in [0, 0.05) is 24.1 Å². The van der Waals surface area contributed by atoms with Crippen LogP contribution in [0.3, 0.4) is 0 Å². The molecular formula is C19H21NO6. The first-order chi connectivity index (χ1) is 12.5. The Kier molecular flexibility index (Phi) is 4.79. The minimum Gasteiger partial charge on any atom is -0.502 e. The fourth-order valence-corrected chi connectivity index (χ4v) is 3.20.